The van der Waals surface area contributed by atoms with Crippen LogP contribution in [0.15, 0.2) is 46.3 Å². The fourth-order valence-electron chi connectivity index (χ4n) is 3.13. The highest BCUT2D eigenvalue weighted by Crippen LogP contribution is 2.24. The lowest BCUT2D eigenvalue weighted by Gasteiger charge is -2.07. The molecule has 0 radical (unpaired) electrons. The molecule has 30 heavy (non-hydrogen) atoms. The van der Waals surface area contributed by atoms with Crippen molar-refractivity contribution in [2.75, 3.05) is 12.3 Å². The zero-order chi connectivity index (χ0) is 21.3. The third-order valence-electron chi connectivity index (χ3n) is 4.61. The summed E-state index contributed by atoms with van der Waals surface area (Å²) >= 11 is 2.73. The Morgan fingerprint density at radius 2 is 1.97 bits per heavy atom. The Bertz CT molecular complexity index is 1320. The summed E-state index contributed by atoms with van der Waals surface area (Å²) in [5, 5.41) is 12.2. The van der Waals surface area contributed by atoms with Gasteiger partial charge in [0.1, 0.15) is 0 Å². The molecule has 3 heterocycles. The predicted molar refractivity (Wildman–Crippen MR) is 117 cm³/mol. The number of thiophene rings is 1. The van der Waals surface area contributed by atoms with Gasteiger partial charge in [0.15, 0.2) is 10.9 Å². The number of fused-ring (bicyclic) bond motifs is 3. The largest absolute Gasteiger partial charge is 0.356 e. The van der Waals surface area contributed by atoms with Crippen LogP contribution >= 0.6 is 23.1 Å². The zero-order valence-corrected chi connectivity index (χ0v) is 18.0. The quantitative estimate of drug-likeness (QED) is 0.349. The third kappa shape index (κ3) is 3.88. The van der Waals surface area contributed by atoms with Crippen LogP contribution in [-0.4, -0.2) is 43.2 Å². The number of carbonyl (C=O) groups is 2. The number of carbonyl (C=O) groups excluding carboxylic acids is 2. The molecule has 8 nitrogen and oxygen atoms in total. The van der Waals surface area contributed by atoms with E-state index in [4.69, 9.17) is 0 Å². The number of Topliss-reactive ketones (excluding diaryl/α,β-unsaturated/α-hetero) is 1. The summed E-state index contributed by atoms with van der Waals surface area (Å²) in [6.07, 6.45) is 0.694. The van der Waals surface area contributed by atoms with E-state index in [0.717, 1.165) is 4.88 Å². The molecule has 0 unspecified atom stereocenters. The monoisotopic (exact) mass is 441 g/mol. The summed E-state index contributed by atoms with van der Waals surface area (Å²) in [5.41, 5.74) is 0.579. The molecule has 1 amide bonds. The highest BCUT2D eigenvalue weighted by Gasteiger charge is 2.17. The van der Waals surface area contributed by atoms with E-state index in [2.05, 4.69) is 15.5 Å². The van der Waals surface area contributed by atoms with Gasteiger partial charge in [-0.25, -0.2) is 0 Å². The molecule has 154 valence electrons. The number of rotatable bonds is 7. The molecular formula is C20H19N5O3S2. The molecule has 0 fully saturated rings. The summed E-state index contributed by atoms with van der Waals surface area (Å²) in [7, 11) is 1.66. The first kappa shape index (κ1) is 20.3. The van der Waals surface area contributed by atoms with Crippen molar-refractivity contribution in [2.24, 2.45) is 7.05 Å². The summed E-state index contributed by atoms with van der Waals surface area (Å²) in [5.74, 6) is 0.584. The predicted octanol–water partition coefficient (Wildman–Crippen LogP) is 2.30. The van der Waals surface area contributed by atoms with Gasteiger partial charge in [-0.05, 0) is 30.7 Å². The number of nitrogens with one attached hydrogen (secondary N) is 1. The Balaban J connectivity index is 1.53. The van der Waals surface area contributed by atoms with Gasteiger partial charge in [0, 0.05) is 25.4 Å². The summed E-state index contributed by atoms with van der Waals surface area (Å²) < 4.78 is 3.27. The first-order valence-corrected chi connectivity index (χ1v) is 11.1. The maximum atomic E-state index is 12.7. The number of amides is 1. The molecule has 0 saturated heterocycles. The second-order valence-corrected chi connectivity index (χ2v) is 8.82. The van der Waals surface area contributed by atoms with Gasteiger partial charge in [-0.3, -0.25) is 23.4 Å². The number of aryl methyl sites for hydroxylation is 1. The van der Waals surface area contributed by atoms with Gasteiger partial charge in [-0.15, -0.1) is 21.5 Å². The maximum Gasteiger partial charge on any atom is 0.262 e. The molecule has 0 aliphatic heterocycles. The van der Waals surface area contributed by atoms with Crippen molar-refractivity contribution in [3.8, 4) is 0 Å². The number of ketones is 1. The van der Waals surface area contributed by atoms with Crippen LogP contribution in [0.5, 0.6) is 0 Å². The van der Waals surface area contributed by atoms with Crippen LogP contribution in [0.4, 0.5) is 0 Å². The lowest BCUT2D eigenvalue weighted by atomic mass is 10.2. The van der Waals surface area contributed by atoms with E-state index >= 15 is 0 Å². The van der Waals surface area contributed by atoms with E-state index < -0.39 is 0 Å². The molecule has 0 saturated carbocycles. The van der Waals surface area contributed by atoms with Crippen LogP contribution in [0.2, 0.25) is 0 Å². The summed E-state index contributed by atoms with van der Waals surface area (Å²) in [4.78, 5) is 37.9. The van der Waals surface area contributed by atoms with E-state index in [9.17, 15) is 14.4 Å². The fraction of sp³-hybridized carbons (Fsp3) is 0.250. The number of para-hydroxylation sites is 1. The van der Waals surface area contributed by atoms with Gasteiger partial charge >= 0.3 is 0 Å². The van der Waals surface area contributed by atoms with Crippen molar-refractivity contribution in [1.29, 1.82) is 0 Å². The third-order valence-corrected chi connectivity index (χ3v) is 6.73. The van der Waals surface area contributed by atoms with E-state index in [-0.39, 0.29) is 23.0 Å². The molecule has 1 aromatic carbocycles. The van der Waals surface area contributed by atoms with E-state index in [1.165, 1.54) is 34.6 Å². The Kier molecular flexibility index (Phi) is 5.69. The van der Waals surface area contributed by atoms with Gasteiger partial charge < -0.3 is 5.32 Å². The fourth-order valence-corrected chi connectivity index (χ4v) is 4.99. The Labute approximate surface area is 179 Å². The normalized spacial score (nSPS) is 11.3. The van der Waals surface area contributed by atoms with Gasteiger partial charge in [0.25, 0.3) is 5.56 Å². The second kappa shape index (κ2) is 8.41. The van der Waals surface area contributed by atoms with Crippen LogP contribution in [0.25, 0.3) is 16.7 Å². The van der Waals surface area contributed by atoms with Crippen molar-refractivity contribution in [3.05, 3.63) is 56.5 Å². The van der Waals surface area contributed by atoms with Crippen molar-refractivity contribution in [3.63, 3.8) is 0 Å². The Morgan fingerprint density at radius 3 is 2.77 bits per heavy atom. The Morgan fingerprint density at radius 1 is 1.17 bits per heavy atom. The molecule has 0 aliphatic rings. The average Bonchev–Trinajstić information content (AvgIpc) is 3.37. The van der Waals surface area contributed by atoms with E-state index in [1.54, 1.807) is 13.1 Å². The minimum absolute atomic E-state index is 0.00153. The topological polar surface area (TPSA) is 98.4 Å². The highest BCUT2D eigenvalue weighted by molar-refractivity contribution is 7.99. The minimum Gasteiger partial charge on any atom is -0.356 e. The minimum atomic E-state index is -0.136. The second-order valence-electron chi connectivity index (χ2n) is 6.71. The molecule has 0 bridgehead atoms. The van der Waals surface area contributed by atoms with Crippen LogP contribution in [-0.2, 0) is 18.3 Å². The highest BCUT2D eigenvalue weighted by atomic mass is 32.2. The first-order valence-electron chi connectivity index (χ1n) is 9.27. The van der Waals surface area contributed by atoms with Gasteiger partial charge in [-0.2, -0.15) is 0 Å². The molecule has 1 N–H and O–H groups in total. The number of aromatic nitrogens is 4. The van der Waals surface area contributed by atoms with Crippen molar-refractivity contribution >= 4 is 51.5 Å². The average molecular weight is 442 g/mol. The Hall–Kier alpha value is -2.98. The van der Waals surface area contributed by atoms with Crippen molar-refractivity contribution < 1.29 is 9.59 Å². The van der Waals surface area contributed by atoms with Crippen molar-refractivity contribution in [2.45, 2.75) is 18.5 Å². The molecule has 0 spiro atoms. The molecule has 10 heteroatoms. The maximum absolute atomic E-state index is 12.7. The van der Waals surface area contributed by atoms with E-state index in [0.29, 0.717) is 39.7 Å². The lowest BCUT2D eigenvalue weighted by molar-refractivity contribution is -0.118. The van der Waals surface area contributed by atoms with Crippen LogP contribution in [0.3, 0.4) is 0 Å². The molecule has 4 aromatic rings. The van der Waals surface area contributed by atoms with Gasteiger partial charge in [0.05, 0.1) is 21.5 Å². The first-order chi connectivity index (χ1) is 14.5. The summed E-state index contributed by atoms with van der Waals surface area (Å²) in [6, 6.07) is 11.0. The number of hydrogen-bond acceptors (Lipinski definition) is 7. The molecule has 0 atom stereocenters. The molecular weight excluding hydrogens is 422 g/mol. The lowest BCUT2D eigenvalue weighted by Crippen LogP contribution is -2.22. The smallest absolute Gasteiger partial charge is 0.262 e. The number of hydrogen-bond donors (Lipinski definition) is 1. The zero-order valence-electron chi connectivity index (χ0n) is 16.4. The van der Waals surface area contributed by atoms with Crippen LogP contribution in [0, 0.1) is 0 Å². The number of thioether (sulfide) groups is 1. The number of benzene rings is 1. The molecule has 3 aromatic heterocycles. The van der Waals surface area contributed by atoms with Crippen molar-refractivity contribution in [1.82, 2.24) is 24.5 Å². The van der Waals surface area contributed by atoms with Gasteiger partial charge in [-0.1, -0.05) is 23.9 Å². The molecule has 0 aliphatic carbocycles. The molecule has 4 rings (SSSR count). The number of nitrogens with zero attached hydrogens (tertiary/aromatic N) is 4. The van der Waals surface area contributed by atoms with Crippen LogP contribution < -0.4 is 10.9 Å². The van der Waals surface area contributed by atoms with Gasteiger partial charge in [0.2, 0.25) is 11.7 Å². The standard InChI is InChI=1S/C20H19N5O3S2/c1-12(26)21-10-9-13-7-8-17(30-13)16(27)11-29-20-23-22-19-24(2)18(28)14-5-3-4-6-15(14)25(19)20/h3-8H,9-11H2,1-2H3,(H,21,26). The summed E-state index contributed by atoms with van der Waals surface area (Å²) in [6.45, 7) is 2.03. The SMILES string of the molecule is CC(=O)NCCc1ccc(C(=O)CSc2nnc3n(C)c(=O)c4ccccc4n23)s1. The van der Waals surface area contributed by atoms with E-state index in [1.807, 2.05) is 34.7 Å². The van der Waals surface area contributed by atoms with Crippen LogP contribution in [0.1, 0.15) is 21.5 Å².